The summed E-state index contributed by atoms with van der Waals surface area (Å²) in [6, 6.07) is 22.1. The molecule has 1 aliphatic heterocycles. The molecular formula is C23H20BrClN2O2. The van der Waals surface area contributed by atoms with E-state index in [-0.39, 0.29) is 6.04 Å². The Balaban J connectivity index is 1.75. The maximum absolute atomic E-state index is 6.06. The summed E-state index contributed by atoms with van der Waals surface area (Å²) < 4.78 is 11.9. The summed E-state index contributed by atoms with van der Waals surface area (Å²) in [5.74, 6) is 1.42. The minimum absolute atomic E-state index is 0.0432. The third-order valence-electron chi connectivity index (χ3n) is 4.97. The van der Waals surface area contributed by atoms with Gasteiger partial charge in [0.05, 0.1) is 31.7 Å². The smallest absolute Gasteiger partial charge is 0.161 e. The fourth-order valence-electron chi connectivity index (χ4n) is 3.48. The van der Waals surface area contributed by atoms with Crippen molar-refractivity contribution in [1.82, 2.24) is 0 Å². The van der Waals surface area contributed by atoms with Gasteiger partial charge in [-0.25, -0.2) is 0 Å². The Hall–Kier alpha value is -2.50. The number of halogens is 2. The first-order valence-electron chi connectivity index (χ1n) is 9.19. The average molecular weight is 472 g/mol. The molecule has 3 aromatic carbocycles. The monoisotopic (exact) mass is 470 g/mol. The van der Waals surface area contributed by atoms with Crippen molar-refractivity contribution in [2.75, 3.05) is 19.2 Å². The molecule has 1 heterocycles. The van der Waals surface area contributed by atoms with Crippen molar-refractivity contribution in [2.45, 2.75) is 12.5 Å². The second-order valence-electron chi connectivity index (χ2n) is 6.71. The second kappa shape index (κ2) is 8.47. The van der Waals surface area contributed by atoms with E-state index in [1.165, 1.54) is 0 Å². The van der Waals surface area contributed by atoms with Crippen LogP contribution in [0.5, 0.6) is 11.5 Å². The Kier molecular flexibility index (Phi) is 5.79. The highest BCUT2D eigenvalue weighted by Crippen LogP contribution is 2.40. The van der Waals surface area contributed by atoms with Gasteiger partial charge in [0, 0.05) is 15.9 Å². The van der Waals surface area contributed by atoms with Gasteiger partial charge in [0.2, 0.25) is 0 Å². The first-order valence-corrected chi connectivity index (χ1v) is 10.4. The van der Waals surface area contributed by atoms with Crippen molar-refractivity contribution in [2.24, 2.45) is 5.10 Å². The van der Waals surface area contributed by atoms with Gasteiger partial charge in [-0.3, -0.25) is 5.01 Å². The predicted octanol–water partition coefficient (Wildman–Crippen LogP) is 6.48. The number of anilines is 1. The summed E-state index contributed by atoms with van der Waals surface area (Å²) in [6.07, 6.45) is 0.771. The van der Waals surface area contributed by atoms with E-state index in [9.17, 15) is 0 Å². The standard InChI is InChI=1S/C23H20BrClN2O2/c1-28-22-12-5-16(13-23(22)29-2)21-14-20(15-3-8-18(25)9-4-15)26-27(21)19-10-6-17(24)7-11-19/h3-13,21H,14H2,1-2H3/t21-/m1/s1. The summed E-state index contributed by atoms with van der Waals surface area (Å²) in [5.41, 5.74) is 4.22. The van der Waals surface area contributed by atoms with Crippen LogP contribution >= 0.6 is 27.5 Å². The summed E-state index contributed by atoms with van der Waals surface area (Å²) >= 11 is 9.57. The molecule has 0 spiro atoms. The molecule has 0 aromatic heterocycles. The molecule has 3 aromatic rings. The van der Waals surface area contributed by atoms with E-state index in [0.29, 0.717) is 16.5 Å². The second-order valence-corrected chi connectivity index (χ2v) is 8.06. The van der Waals surface area contributed by atoms with Crippen molar-refractivity contribution in [3.05, 3.63) is 87.4 Å². The van der Waals surface area contributed by atoms with Crippen LogP contribution in [0.4, 0.5) is 5.69 Å². The molecule has 0 bridgehead atoms. The molecule has 29 heavy (non-hydrogen) atoms. The fraction of sp³-hybridized carbons (Fsp3) is 0.174. The topological polar surface area (TPSA) is 34.1 Å². The van der Waals surface area contributed by atoms with E-state index in [4.69, 9.17) is 26.2 Å². The quantitative estimate of drug-likeness (QED) is 0.427. The Morgan fingerprint density at radius 2 is 1.62 bits per heavy atom. The summed E-state index contributed by atoms with van der Waals surface area (Å²) in [5, 5.41) is 7.75. The van der Waals surface area contributed by atoms with E-state index in [1.54, 1.807) is 14.2 Å². The van der Waals surface area contributed by atoms with Crippen molar-refractivity contribution < 1.29 is 9.47 Å². The number of hydrogen-bond donors (Lipinski definition) is 0. The number of nitrogens with zero attached hydrogens (tertiary/aromatic N) is 2. The highest BCUT2D eigenvalue weighted by Gasteiger charge is 2.30. The van der Waals surface area contributed by atoms with Gasteiger partial charge >= 0.3 is 0 Å². The number of rotatable bonds is 5. The summed E-state index contributed by atoms with van der Waals surface area (Å²) in [6.45, 7) is 0. The van der Waals surface area contributed by atoms with Gasteiger partial charge in [0.15, 0.2) is 11.5 Å². The maximum Gasteiger partial charge on any atom is 0.161 e. The molecule has 6 heteroatoms. The van der Waals surface area contributed by atoms with Crippen LogP contribution in [-0.2, 0) is 0 Å². The molecule has 0 radical (unpaired) electrons. The van der Waals surface area contributed by atoms with Crippen LogP contribution in [0.25, 0.3) is 0 Å². The summed E-state index contributed by atoms with van der Waals surface area (Å²) in [4.78, 5) is 0. The lowest BCUT2D eigenvalue weighted by Gasteiger charge is -2.24. The zero-order chi connectivity index (χ0) is 20.4. The van der Waals surface area contributed by atoms with E-state index in [2.05, 4.69) is 39.1 Å². The van der Waals surface area contributed by atoms with Gasteiger partial charge in [-0.15, -0.1) is 0 Å². The lowest BCUT2D eigenvalue weighted by atomic mass is 9.98. The Labute approximate surface area is 183 Å². The lowest BCUT2D eigenvalue weighted by Crippen LogP contribution is -2.18. The molecular weight excluding hydrogens is 452 g/mol. The molecule has 0 N–H and O–H groups in total. The minimum atomic E-state index is 0.0432. The zero-order valence-corrected chi connectivity index (χ0v) is 18.4. The molecule has 1 aliphatic rings. The first-order chi connectivity index (χ1) is 14.1. The van der Waals surface area contributed by atoms with E-state index >= 15 is 0 Å². The van der Waals surface area contributed by atoms with Crippen LogP contribution in [0.15, 0.2) is 76.3 Å². The number of hydrogen-bond acceptors (Lipinski definition) is 4. The number of ether oxygens (including phenoxy) is 2. The molecule has 0 saturated heterocycles. The van der Waals surface area contributed by atoms with Gasteiger partial charge in [0.1, 0.15) is 0 Å². The van der Waals surface area contributed by atoms with Crippen molar-refractivity contribution in [3.63, 3.8) is 0 Å². The third-order valence-corrected chi connectivity index (χ3v) is 5.75. The number of methoxy groups -OCH3 is 2. The molecule has 0 unspecified atom stereocenters. The van der Waals surface area contributed by atoms with E-state index < -0.39 is 0 Å². The van der Waals surface area contributed by atoms with Crippen molar-refractivity contribution in [3.8, 4) is 11.5 Å². The van der Waals surface area contributed by atoms with E-state index in [0.717, 1.165) is 33.4 Å². The van der Waals surface area contributed by atoms with Crippen LogP contribution in [0, 0.1) is 0 Å². The van der Waals surface area contributed by atoms with Gasteiger partial charge in [-0.1, -0.05) is 45.7 Å². The molecule has 0 aliphatic carbocycles. The predicted molar refractivity (Wildman–Crippen MR) is 122 cm³/mol. The zero-order valence-electron chi connectivity index (χ0n) is 16.1. The largest absolute Gasteiger partial charge is 0.493 e. The van der Waals surface area contributed by atoms with Crippen molar-refractivity contribution in [1.29, 1.82) is 0 Å². The SMILES string of the molecule is COc1ccc([C@H]2CC(c3ccc(Cl)cc3)=NN2c2ccc(Br)cc2)cc1OC. The highest BCUT2D eigenvalue weighted by atomic mass is 79.9. The van der Waals surface area contributed by atoms with Crippen LogP contribution < -0.4 is 14.5 Å². The van der Waals surface area contributed by atoms with Gasteiger partial charge in [-0.2, -0.15) is 5.10 Å². The Bertz CT molecular complexity index is 1040. The first kappa shape index (κ1) is 19.8. The highest BCUT2D eigenvalue weighted by molar-refractivity contribution is 9.10. The van der Waals surface area contributed by atoms with Gasteiger partial charge in [0.25, 0.3) is 0 Å². The molecule has 0 amide bonds. The van der Waals surface area contributed by atoms with Crippen LogP contribution in [-0.4, -0.2) is 19.9 Å². The third kappa shape index (κ3) is 4.11. The number of hydrazone groups is 1. The molecule has 0 saturated carbocycles. The van der Waals surface area contributed by atoms with Crippen molar-refractivity contribution >= 4 is 38.9 Å². The van der Waals surface area contributed by atoms with Gasteiger partial charge < -0.3 is 9.47 Å². The van der Waals surface area contributed by atoms with Gasteiger partial charge in [-0.05, 0) is 59.7 Å². The van der Waals surface area contributed by atoms with Crippen LogP contribution in [0.2, 0.25) is 5.02 Å². The Morgan fingerprint density at radius 3 is 2.28 bits per heavy atom. The summed E-state index contributed by atoms with van der Waals surface area (Å²) in [7, 11) is 3.29. The number of benzene rings is 3. The molecule has 148 valence electrons. The minimum Gasteiger partial charge on any atom is -0.493 e. The Morgan fingerprint density at radius 1 is 0.931 bits per heavy atom. The molecule has 0 fully saturated rings. The lowest BCUT2D eigenvalue weighted by molar-refractivity contribution is 0.354. The van der Waals surface area contributed by atoms with Crippen LogP contribution in [0.1, 0.15) is 23.6 Å². The normalized spacial score (nSPS) is 15.9. The molecule has 4 rings (SSSR count). The fourth-order valence-corrected chi connectivity index (χ4v) is 3.87. The van der Waals surface area contributed by atoms with Crippen LogP contribution in [0.3, 0.4) is 0 Å². The van der Waals surface area contributed by atoms with E-state index in [1.807, 2.05) is 48.5 Å². The molecule has 1 atom stereocenters. The maximum atomic E-state index is 6.06. The average Bonchev–Trinajstić information content (AvgIpc) is 3.19. The molecule has 4 nitrogen and oxygen atoms in total.